The first kappa shape index (κ1) is 20.2. The number of aliphatic hydroxyl groups excluding tert-OH is 1. The highest BCUT2D eigenvalue weighted by molar-refractivity contribution is 6.21. The Morgan fingerprint density at radius 3 is 2.30 bits per heavy atom. The van der Waals surface area contributed by atoms with Gasteiger partial charge in [0, 0.05) is 12.8 Å². The van der Waals surface area contributed by atoms with Crippen molar-refractivity contribution >= 4 is 17.4 Å². The Hall–Kier alpha value is -0.860. The summed E-state index contributed by atoms with van der Waals surface area (Å²) in [4.78, 5) is 11.9. The van der Waals surface area contributed by atoms with Crippen LogP contribution in [0.15, 0.2) is 30.3 Å². The first-order valence-electron chi connectivity index (χ1n) is 9.01. The Morgan fingerprint density at radius 2 is 1.65 bits per heavy atom. The average molecular weight is 339 g/mol. The summed E-state index contributed by atoms with van der Waals surface area (Å²) in [6.45, 7) is 2.21. The third-order valence-electron chi connectivity index (χ3n) is 4.19. The SMILES string of the molecule is CCCCCCCCCC(=O)C[C@H](O)[C@H](Cl)Cc1ccccc1. The van der Waals surface area contributed by atoms with Crippen molar-refractivity contribution in [2.75, 3.05) is 0 Å². The highest BCUT2D eigenvalue weighted by atomic mass is 35.5. The van der Waals surface area contributed by atoms with Gasteiger partial charge in [-0.05, 0) is 18.4 Å². The van der Waals surface area contributed by atoms with Crippen LogP contribution in [-0.2, 0) is 11.2 Å². The summed E-state index contributed by atoms with van der Waals surface area (Å²) < 4.78 is 0. The Kier molecular flexibility index (Phi) is 11.0. The minimum absolute atomic E-state index is 0.129. The zero-order valence-corrected chi connectivity index (χ0v) is 15.1. The van der Waals surface area contributed by atoms with Crippen LogP contribution in [0.25, 0.3) is 0 Å². The summed E-state index contributed by atoms with van der Waals surface area (Å²) >= 11 is 6.24. The van der Waals surface area contributed by atoms with Crippen molar-refractivity contribution in [3.8, 4) is 0 Å². The van der Waals surface area contributed by atoms with E-state index in [0.717, 1.165) is 18.4 Å². The molecular weight excluding hydrogens is 308 g/mol. The molecule has 0 unspecified atom stereocenters. The molecule has 2 nitrogen and oxygen atoms in total. The van der Waals surface area contributed by atoms with Crippen LogP contribution in [0.5, 0.6) is 0 Å². The Balaban J connectivity index is 2.13. The van der Waals surface area contributed by atoms with E-state index in [1.54, 1.807) is 0 Å². The van der Waals surface area contributed by atoms with Crippen LogP contribution in [0, 0.1) is 0 Å². The lowest BCUT2D eigenvalue weighted by Gasteiger charge is -2.16. The first-order valence-corrected chi connectivity index (χ1v) is 9.45. The summed E-state index contributed by atoms with van der Waals surface area (Å²) in [6.07, 6.45) is 8.98. The van der Waals surface area contributed by atoms with E-state index in [2.05, 4.69) is 6.92 Å². The van der Waals surface area contributed by atoms with Crippen LogP contribution >= 0.6 is 11.6 Å². The smallest absolute Gasteiger partial charge is 0.135 e. The maximum Gasteiger partial charge on any atom is 0.135 e. The normalized spacial score (nSPS) is 13.7. The standard InChI is InChI=1S/C20H31ClO2/c1-2-3-4-5-6-7-11-14-18(22)16-20(23)19(21)15-17-12-9-8-10-13-17/h8-10,12-13,19-20,23H,2-7,11,14-16H2,1H3/t19-,20+/m1/s1. The minimum Gasteiger partial charge on any atom is -0.391 e. The zero-order chi connectivity index (χ0) is 16.9. The second kappa shape index (κ2) is 12.5. The molecule has 0 heterocycles. The lowest BCUT2D eigenvalue weighted by Crippen LogP contribution is -2.26. The first-order chi connectivity index (χ1) is 11.1. The second-order valence-electron chi connectivity index (χ2n) is 6.39. The predicted molar refractivity (Wildman–Crippen MR) is 98.0 cm³/mol. The fraction of sp³-hybridized carbons (Fsp3) is 0.650. The number of hydrogen-bond acceptors (Lipinski definition) is 2. The number of alkyl halides is 1. The van der Waals surface area contributed by atoms with E-state index in [1.807, 2.05) is 30.3 Å². The van der Waals surface area contributed by atoms with Crippen molar-refractivity contribution in [2.45, 2.75) is 82.6 Å². The highest BCUT2D eigenvalue weighted by Gasteiger charge is 2.19. The molecule has 0 saturated carbocycles. The molecule has 130 valence electrons. The molecule has 1 aromatic carbocycles. The molecule has 0 bridgehead atoms. The summed E-state index contributed by atoms with van der Waals surface area (Å²) in [6, 6.07) is 9.84. The largest absolute Gasteiger partial charge is 0.391 e. The molecule has 0 spiro atoms. The van der Waals surface area contributed by atoms with Gasteiger partial charge in [0.25, 0.3) is 0 Å². The van der Waals surface area contributed by atoms with Gasteiger partial charge in [-0.15, -0.1) is 11.6 Å². The van der Waals surface area contributed by atoms with Crippen LogP contribution in [-0.4, -0.2) is 22.4 Å². The monoisotopic (exact) mass is 338 g/mol. The van der Waals surface area contributed by atoms with E-state index >= 15 is 0 Å². The van der Waals surface area contributed by atoms with Crippen LogP contribution in [0.1, 0.15) is 70.3 Å². The van der Waals surface area contributed by atoms with Crippen molar-refractivity contribution in [1.29, 1.82) is 0 Å². The van der Waals surface area contributed by atoms with E-state index in [9.17, 15) is 9.90 Å². The fourth-order valence-electron chi connectivity index (χ4n) is 2.72. The summed E-state index contributed by atoms with van der Waals surface area (Å²) in [7, 11) is 0. The van der Waals surface area contributed by atoms with Crippen LogP contribution < -0.4 is 0 Å². The molecule has 1 rings (SSSR count). The number of Topliss-reactive ketones (excluding diaryl/α,β-unsaturated/α-hetero) is 1. The van der Waals surface area contributed by atoms with Gasteiger partial charge in [0.1, 0.15) is 5.78 Å². The highest BCUT2D eigenvalue weighted by Crippen LogP contribution is 2.16. The van der Waals surface area contributed by atoms with E-state index in [4.69, 9.17) is 11.6 Å². The molecule has 0 aromatic heterocycles. The van der Waals surface area contributed by atoms with Gasteiger partial charge in [-0.25, -0.2) is 0 Å². The molecule has 2 atom stereocenters. The van der Waals surface area contributed by atoms with Crippen LogP contribution in [0.3, 0.4) is 0 Å². The topological polar surface area (TPSA) is 37.3 Å². The number of ketones is 1. The maximum atomic E-state index is 11.9. The van der Waals surface area contributed by atoms with Crippen molar-refractivity contribution in [3.63, 3.8) is 0 Å². The molecule has 0 aliphatic rings. The number of carbonyl (C=O) groups excluding carboxylic acids is 1. The van der Waals surface area contributed by atoms with Crippen molar-refractivity contribution in [3.05, 3.63) is 35.9 Å². The minimum atomic E-state index is -0.756. The van der Waals surface area contributed by atoms with Crippen molar-refractivity contribution in [2.24, 2.45) is 0 Å². The molecule has 23 heavy (non-hydrogen) atoms. The number of halogens is 1. The molecule has 0 saturated heterocycles. The van der Waals surface area contributed by atoms with Gasteiger partial charge in [0.2, 0.25) is 0 Å². The Labute approximate surface area is 146 Å². The number of aliphatic hydroxyl groups is 1. The van der Waals surface area contributed by atoms with Gasteiger partial charge in [-0.1, -0.05) is 75.8 Å². The third kappa shape index (κ3) is 9.78. The van der Waals surface area contributed by atoms with Crippen LogP contribution in [0.2, 0.25) is 0 Å². The van der Waals surface area contributed by atoms with Gasteiger partial charge in [0.15, 0.2) is 0 Å². The molecule has 0 radical (unpaired) electrons. The number of hydrogen-bond donors (Lipinski definition) is 1. The zero-order valence-electron chi connectivity index (χ0n) is 14.3. The number of unbranched alkanes of at least 4 members (excludes halogenated alkanes) is 6. The van der Waals surface area contributed by atoms with E-state index < -0.39 is 11.5 Å². The fourth-order valence-corrected chi connectivity index (χ4v) is 2.99. The van der Waals surface area contributed by atoms with Crippen molar-refractivity contribution < 1.29 is 9.90 Å². The van der Waals surface area contributed by atoms with Crippen LogP contribution in [0.4, 0.5) is 0 Å². The Bertz CT molecular complexity index is 419. The second-order valence-corrected chi connectivity index (χ2v) is 6.95. The molecule has 3 heteroatoms. The average Bonchev–Trinajstić information content (AvgIpc) is 2.55. The molecule has 0 aliphatic carbocycles. The predicted octanol–water partition coefficient (Wildman–Crippen LogP) is 5.30. The number of carbonyl (C=O) groups is 1. The molecule has 0 aliphatic heterocycles. The van der Waals surface area contributed by atoms with Crippen molar-refractivity contribution in [1.82, 2.24) is 0 Å². The van der Waals surface area contributed by atoms with Gasteiger partial charge in [-0.2, -0.15) is 0 Å². The van der Waals surface area contributed by atoms with E-state index in [1.165, 1.54) is 32.1 Å². The summed E-state index contributed by atoms with van der Waals surface area (Å²) in [5.74, 6) is 0.129. The lowest BCUT2D eigenvalue weighted by atomic mass is 10.00. The summed E-state index contributed by atoms with van der Waals surface area (Å²) in [5.41, 5.74) is 1.09. The van der Waals surface area contributed by atoms with Gasteiger partial charge >= 0.3 is 0 Å². The molecule has 0 amide bonds. The Morgan fingerprint density at radius 1 is 1.04 bits per heavy atom. The van der Waals surface area contributed by atoms with E-state index in [0.29, 0.717) is 12.8 Å². The third-order valence-corrected chi connectivity index (χ3v) is 4.63. The van der Waals surface area contributed by atoms with Gasteiger partial charge < -0.3 is 5.11 Å². The van der Waals surface area contributed by atoms with Gasteiger partial charge in [0.05, 0.1) is 11.5 Å². The van der Waals surface area contributed by atoms with Gasteiger partial charge in [-0.3, -0.25) is 4.79 Å². The molecule has 1 aromatic rings. The summed E-state index contributed by atoms with van der Waals surface area (Å²) in [5, 5.41) is 9.69. The van der Waals surface area contributed by atoms with E-state index in [-0.39, 0.29) is 12.2 Å². The molecule has 1 N–H and O–H groups in total. The maximum absolute atomic E-state index is 11.9. The molecular formula is C20H31ClO2. The molecule has 0 fully saturated rings. The number of benzene rings is 1. The quantitative estimate of drug-likeness (QED) is 0.391. The lowest BCUT2D eigenvalue weighted by molar-refractivity contribution is -0.121. The number of rotatable bonds is 13.